The SMILES string of the molecule is CCc1nc(CSc2nc3ccccc3c(=O)n2-c2ccc(C)cc2C)no1. The smallest absolute Gasteiger partial charge is 0.266 e. The average Bonchev–Trinajstić information content (AvgIpc) is 3.16. The van der Waals surface area contributed by atoms with E-state index in [9.17, 15) is 4.79 Å². The average molecular weight is 392 g/mol. The van der Waals surface area contributed by atoms with Crippen LogP contribution in [-0.2, 0) is 12.2 Å². The van der Waals surface area contributed by atoms with Gasteiger partial charge in [0, 0.05) is 6.42 Å². The van der Waals surface area contributed by atoms with Crippen molar-refractivity contribution in [2.45, 2.75) is 38.1 Å². The predicted octanol–water partition coefficient (Wildman–Crippen LogP) is 4.24. The Labute approximate surface area is 166 Å². The fraction of sp³-hybridized carbons (Fsp3) is 0.238. The monoisotopic (exact) mass is 392 g/mol. The van der Waals surface area contributed by atoms with Gasteiger partial charge in [0.1, 0.15) is 0 Å². The van der Waals surface area contributed by atoms with Crippen molar-refractivity contribution in [2.75, 3.05) is 0 Å². The van der Waals surface area contributed by atoms with Crippen LogP contribution in [0.2, 0.25) is 0 Å². The maximum absolute atomic E-state index is 13.3. The molecule has 0 N–H and O–H groups in total. The van der Waals surface area contributed by atoms with Gasteiger partial charge in [0.15, 0.2) is 11.0 Å². The minimum Gasteiger partial charge on any atom is -0.339 e. The normalized spacial score (nSPS) is 11.2. The van der Waals surface area contributed by atoms with Gasteiger partial charge < -0.3 is 4.52 Å². The van der Waals surface area contributed by atoms with Crippen LogP contribution in [0.3, 0.4) is 0 Å². The summed E-state index contributed by atoms with van der Waals surface area (Å²) in [6.45, 7) is 6.01. The molecule has 2 heterocycles. The lowest BCUT2D eigenvalue weighted by molar-refractivity contribution is 0.378. The molecule has 0 unspecified atom stereocenters. The molecule has 142 valence electrons. The highest BCUT2D eigenvalue weighted by Gasteiger charge is 2.16. The first-order valence-corrected chi connectivity index (χ1v) is 10.1. The predicted molar refractivity (Wildman–Crippen MR) is 110 cm³/mol. The fourth-order valence-corrected chi connectivity index (χ4v) is 3.95. The Morgan fingerprint density at radius 1 is 1.11 bits per heavy atom. The van der Waals surface area contributed by atoms with Gasteiger partial charge in [0.05, 0.1) is 22.3 Å². The van der Waals surface area contributed by atoms with Crippen LogP contribution in [0.5, 0.6) is 0 Å². The number of hydrogen-bond donors (Lipinski definition) is 0. The summed E-state index contributed by atoms with van der Waals surface area (Å²) in [5.41, 5.74) is 3.60. The van der Waals surface area contributed by atoms with E-state index in [0.717, 1.165) is 16.8 Å². The Kier molecular flexibility index (Phi) is 5.00. The second-order valence-electron chi connectivity index (χ2n) is 6.59. The third kappa shape index (κ3) is 3.45. The van der Waals surface area contributed by atoms with Gasteiger partial charge >= 0.3 is 0 Å². The molecule has 0 aliphatic rings. The van der Waals surface area contributed by atoms with E-state index in [1.165, 1.54) is 11.8 Å². The first-order valence-electron chi connectivity index (χ1n) is 9.10. The molecule has 2 aromatic heterocycles. The van der Waals surface area contributed by atoms with E-state index < -0.39 is 0 Å². The summed E-state index contributed by atoms with van der Waals surface area (Å²) in [7, 11) is 0. The maximum atomic E-state index is 13.3. The quantitative estimate of drug-likeness (QED) is 0.374. The van der Waals surface area contributed by atoms with Crippen molar-refractivity contribution in [2.24, 2.45) is 0 Å². The zero-order valence-corrected chi connectivity index (χ0v) is 16.8. The molecule has 0 spiro atoms. The van der Waals surface area contributed by atoms with Crippen LogP contribution in [0.15, 0.2) is 56.9 Å². The van der Waals surface area contributed by atoms with Crippen LogP contribution in [0.4, 0.5) is 0 Å². The second-order valence-corrected chi connectivity index (χ2v) is 7.53. The van der Waals surface area contributed by atoms with E-state index in [2.05, 4.69) is 16.2 Å². The van der Waals surface area contributed by atoms with Crippen LogP contribution in [0.25, 0.3) is 16.6 Å². The molecule has 0 amide bonds. The molecule has 0 radical (unpaired) electrons. The third-order valence-electron chi connectivity index (χ3n) is 4.48. The van der Waals surface area contributed by atoms with Crippen molar-refractivity contribution in [3.63, 3.8) is 0 Å². The molecule has 6 nitrogen and oxygen atoms in total. The number of benzene rings is 2. The summed E-state index contributed by atoms with van der Waals surface area (Å²) in [6.07, 6.45) is 0.694. The number of nitrogens with zero attached hydrogens (tertiary/aromatic N) is 4. The molecular formula is C21H20N4O2S. The lowest BCUT2D eigenvalue weighted by atomic mass is 10.1. The number of thioether (sulfide) groups is 1. The van der Waals surface area contributed by atoms with Gasteiger partial charge in [-0.2, -0.15) is 4.98 Å². The molecule has 7 heteroatoms. The zero-order chi connectivity index (χ0) is 19.7. The van der Waals surface area contributed by atoms with Gasteiger partial charge in [0.25, 0.3) is 5.56 Å². The molecule has 28 heavy (non-hydrogen) atoms. The van der Waals surface area contributed by atoms with E-state index in [4.69, 9.17) is 9.51 Å². The first kappa shape index (κ1) is 18.4. The summed E-state index contributed by atoms with van der Waals surface area (Å²) < 4.78 is 6.86. The van der Waals surface area contributed by atoms with Gasteiger partial charge in [0.2, 0.25) is 5.89 Å². The van der Waals surface area contributed by atoms with E-state index in [-0.39, 0.29) is 5.56 Å². The molecule has 4 rings (SSSR count). The van der Waals surface area contributed by atoms with E-state index in [1.54, 1.807) is 4.57 Å². The molecule has 0 aliphatic carbocycles. The van der Waals surface area contributed by atoms with Gasteiger partial charge in [-0.05, 0) is 37.6 Å². The van der Waals surface area contributed by atoms with E-state index in [0.29, 0.717) is 39.9 Å². The van der Waals surface area contributed by atoms with Gasteiger partial charge in [-0.15, -0.1) is 0 Å². The molecule has 4 aromatic rings. The Balaban J connectivity index is 1.84. The Hall–Kier alpha value is -2.93. The Bertz CT molecular complexity index is 1210. The maximum Gasteiger partial charge on any atom is 0.266 e. The minimum absolute atomic E-state index is 0.0811. The van der Waals surface area contributed by atoms with Gasteiger partial charge in [-0.3, -0.25) is 9.36 Å². The van der Waals surface area contributed by atoms with Crippen LogP contribution in [0, 0.1) is 13.8 Å². The highest BCUT2D eigenvalue weighted by atomic mass is 32.2. The van der Waals surface area contributed by atoms with E-state index in [1.807, 2.05) is 57.2 Å². The van der Waals surface area contributed by atoms with Crippen molar-refractivity contribution in [1.29, 1.82) is 0 Å². The molecule has 0 saturated heterocycles. The topological polar surface area (TPSA) is 73.8 Å². The summed E-state index contributed by atoms with van der Waals surface area (Å²) in [6, 6.07) is 13.5. The highest BCUT2D eigenvalue weighted by molar-refractivity contribution is 7.98. The van der Waals surface area contributed by atoms with E-state index >= 15 is 0 Å². The Morgan fingerprint density at radius 3 is 2.68 bits per heavy atom. The summed E-state index contributed by atoms with van der Waals surface area (Å²) >= 11 is 1.43. The third-order valence-corrected chi connectivity index (χ3v) is 5.42. The number of fused-ring (bicyclic) bond motifs is 1. The van der Waals surface area contributed by atoms with Gasteiger partial charge in [-0.25, -0.2) is 4.98 Å². The van der Waals surface area contributed by atoms with Crippen LogP contribution in [0.1, 0.15) is 29.8 Å². The number of hydrogen-bond acceptors (Lipinski definition) is 6. The standard InChI is InChI=1S/C21H20N4O2S/c1-4-19-23-18(24-27-19)12-28-21-22-16-8-6-5-7-15(16)20(26)25(21)17-10-9-13(2)11-14(17)3/h5-11H,4,12H2,1-3H3. The van der Waals surface area contributed by atoms with Crippen LogP contribution in [-0.4, -0.2) is 19.7 Å². The number of para-hydroxylation sites is 1. The highest BCUT2D eigenvalue weighted by Crippen LogP contribution is 2.25. The molecule has 0 bridgehead atoms. The minimum atomic E-state index is -0.0811. The summed E-state index contributed by atoms with van der Waals surface area (Å²) in [4.78, 5) is 22.4. The Morgan fingerprint density at radius 2 is 1.93 bits per heavy atom. The molecule has 0 atom stereocenters. The molecule has 2 aromatic carbocycles. The first-order chi connectivity index (χ1) is 13.6. The summed E-state index contributed by atoms with van der Waals surface area (Å²) in [5.74, 6) is 1.67. The van der Waals surface area contributed by atoms with Crippen molar-refractivity contribution < 1.29 is 4.52 Å². The van der Waals surface area contributed by atoms with Crippen molar-refractivity contribution in [3.8, 4) is 5.69 Å². The van der Waals surface area contributed by atoms with Crippen molar-refractivity contribution in [3.05, 3.63) is 75.7 Å². The van der Waals surface area contributed by atoms with Crippen LogP contribution >= 0.6 is 11.8 Å². The van der Waals surface area contributed by atoms with Crippen molar-refractivity contribution in [1.82, 2.24) is 19.7 Å². The largest absolute Gasteiger partial charge is 0.339 e. The number of aryl methyl sites for hydroxylation is 3. The fourth-order valence-electron chi connectivity index (χ4n) is 3.10. The number of rotatable bonds is 5. The molecule has 0 aliphatic heterocycles. The number of aromatic nitrogens is 4. The zero-order valence-electron chi connectivity index (χ0n) is 16.0. The van der Waals surface area contributed by atoms with Crippen molar-refractivity contribution >= 4 is 22.7 Å². The molecule has 0 saturated carbocycles. The second kappa shape index (κ2) is 7.59. The lowest BCUT2D eigenvalue weighted by Gasteiger charge is -2.15. The molecular weight excluding hydrogens is 372 g/mol. The lowest BCUT2D eigenvalue weighted by Crippen LogP contribution is -2.22. The summed E-state index contributed by atoms with van der Waals surface area (Å²) in [5, 5.41) is 5.20. The van der Waals surface area contributed by atoms with Crippen LogP contribution < -0.4 is 5.56 Å². The van der Waals surface area contributed by atoms with Gasteiger partial charge in [-0.1, -0.05) is 53.7 Å². The molecule has 0 fully saturated rings.